The molecule has 2 fully saturated rings. The summed E-state index contributed by atoms with van der Waals surface area (Å²) in [5.74, 6) is 2.64. The van der Waals surface area contributed by atoms with E-state index < -0.39 is 0 Å². The first-order valence-electron chi connectivity index (χ1n) is 9.06. The number of anilines is 1. The van der Waals surface area contributed by atoms with Crippen LogP contribution in [-0.4, -0.2) is 48.7 Å². The topological polar surface area (TPSA) is 28.6 Å². The molecule has 2 saturated heterocycles. The van der Waals surface area contributed by atoms with Gasteiger partial charge in [-0.2, -0.15) is 0 Å². The Morgan fingerprint density at radius 2 is 1.92 bits per heavy atom. The van der Waals surface area contributed by atoms with E-state index in [4.69, 9.17) is 16.3 Å². The molecule has 2 atom stereocenters. The molecule has 3 heterocycles. The lowest BCUT2D eigenvalue weighted by Crippen LogP contribution is -2.57. The van der Waals surface area contributed by atoms with Gasteiger partial charge in [-0.3, -0.25) is 4.90 Å². The van der Waals surface area contributed by atoms with E-state index >= 15 is 0 Å². The van der Waals surface area contributed by atoms with Gasteiger partial charge in [-0.25, -0.2) is 4.98 Å². The van der Waals surface area contributed by atoms with Crippen LogP contribution in [0.25, 0.3) is 0 Å². The molecular weight excluding hydrogens is 334 g/mol. The highest BCUT2D eigenvalue weighted by molar-refractivity contribution is 6.30. The lowest BCUT2D eigenvalue weighted by molar-refractivity contribution is 0.0728. The second kappa shape index (κ2) is 7.63. The summed E-state index contributed by atoms with van der Waals surface area (Å²) in [6, 6.07) is 14.7. The summed E-state index contributed by atoms with van der Waals surface area (Å²) in [7, 11) is 0. The number of hydrogen-bond acceptors (Lipinski definition) is 4. The molecule has 5 heteroatoms. The predicted octanol–water partition coefficient (Wildman–Crippen LogP) is 3.71. The number of ether oxygens (including phenoxy) is 1. The number of aromatic nitrogens is 1. The number of hydrogen-bond donors (Lipinski definition) is 0. The quantitative estimate of drug-likeness (QED) is 0.834. The molecule has 4 rings (SSSR count). The summed E-state index contributed by atoms with van der Waals surface area (Å²) in [4.78, 5) is 9.49. The zero-order valence-electron chi connectivity index (χ0n) is 14.4. The van der Waals surface area contributed by atoms with Crippen molar-refractivity contribution in [3.05, 3.63) is 53.7 Å². The van der Waals surface area contributed by atoms with Crippen molar-refractivity contribution in [2.75, 3.05) is 37.7 Å². The third-order valence-corrected chi connectivity index (χ3v) is 5.49. The third kappa shape index (κ3) is 4.07. The molecule has 25 heavy (non-hydrogen) atoms. The third-order valence-electron chi connectivity index (χ3n) is 5.27. The zero-order valence-corrected chi connectivity index (χ0v) is 15.1. The van der Waals surface area contributed by atoms with Crippen molar-refractivity contribution in [3.8, 4) is 5.75 Å². The van der Waals surface area contributed by atoms with Gasteiger partial charge < -0.3 is 9.64 Å². The fourth-order valence-corrected chi connectivity index (χ4v) is 4.00. The number of fused-ring (bicyclic) bond motifs is 1. The van der Waals surface area contributed by atoms with Gasteiger partial charge in [0.2, 0.25) is 0 Å². The van der Waals surface area contributed by atoms with Gasteiger partial charge in [0.05, 0.1) is 11.6 Å². The molecule has 1 unspecified atom stereocenters. The van der Waals surface area contributed by atoms with Crippen LogP contribution < -0.4 is 9.64 Å². The number of halogens is 1. The molecule has 0 bridgehead atoms. The van der Waals surface area contributed by atoms with E-state index in [9.17, 15) is 0 Å². The van der Waals surface area contributed by atoms with Crippen LogP contribution in [0.4, 0.5) is 5.82 Å². The molecule has 0 spiro atoms. The zero-order chi connectivity index (χ0) is 17.1. The summed E-state index contributed by atoms with van der Waals surface area (Å²) in [5.41, 5.74) is 0. The van der Waals surface area contributed by atoms with E-state index in [0.717, 1.165) is 44.4 Å². The number of benzene rings is 1. The normalized spacial score (nSPS) is 24.0. The lowest BCUT2D eigenvalue weighted by Gasteiger charge is -2.46. The van der Waals surface area contributed by atoms with Gasteiger partial charge in [-0.05, 0) is 37.1 Å². The Balaban J connectivity index is 1.30. The highest BCUT2D eigenvalue weighted by Gasteiger charge is 2.33. The summed E-state index contributed by atoms with van der Waals surface area (Å²) in [6.45, 7) is 5.13. The molecule has 2 aromatic rings. The molecule has 0 radical (unpaired) electrons. The molecule has 132 valence electrons. The molecule has 1 aromatic carbocycles. The lowest BCUT2D eigenvalue weighted by atomic mass is 9.91. The Bertz CT molecular complexity index is 679. The monoisotopic (exact) mass is 357 g/mol. The van der Waals surface area contributed by atoms with E-state index in [1.165, 1.54) is 12.8 Å². The molecule has 4 nitrogen and oxygen atoms in total. The molecule has 2 aliphatic rings. The van der Waals surface area contributed by atoms with Crippen molar-refractivity contribution < 1.29 is 4.74 Å². The first-order valence-corrected chi connectivity index (χ1v) is 9.44. The molecular formula is C20H24ClN3O. The second-order valence-corrected chi connectivity index (χ2v) is 7.43. The van der Waals surface area contributed by atoms with Crippen molar-refractivity contribution in [1.82, 2.24) is 9.88 Å². The van der Waals surface area contributed by atoms with Crippen molar-refractivity contribution in [2.24, 2.45) is 5.92 Å². The van der Waals surface area contributed by atoms with Crippen LogP contribution in [0.2, 0.25) is 5.02 Å². The predicted molar refractivity (Wildman–Crippen MR) is 101 cm³/mol. The number of piperazine rings is 1. The largest absolute Gasteiger partial charge is 0.493 e. The standard InChI is InChI=1S/C20H24ClN3O/c21-17-7-9-20(22-12-17)24-11-10-23-13-16(6-8-18(23)14-24)15-25-19-4-2-1-3-5-19/h1-5,7,9,12,16,18H,6,8,10-11,13-15H2/t16-,18?/m1/s1. The minimum Gasteiger partial charge on any atom is -0.493 e. The number of pyridine rings is 1. The Labute approximate surface area is 154 Å². The highest BCUT2D eigenvalue weighted by atomic mass is 35.5. The van der Waals surface area contributed by atoms with Crippen LogP contribution in [0, 0.1) is 5.92 Å². The van der Waals surface area contributed by atoms with Crippen LogP contribution in [0.15, 0.2) is 48.7 Å². The molecule has 0 aliphatic carbocycles. The van der Waals surface area contributed by atoms with Crippen LogP contribution in [0.5, 0.6) is 5.75 Å². The fourth-order valence-electron chi connectivity index (χ4n) is 3.89. The molecule has 2 aliphatic heterocycles. The fraction of sp³-hybridized carbons (Fsp3) is 0.450. The number of para-hydroxylation sites is 1. The van der Waals surface area contributed by atoms with E-state index in [0.29, 0.717) is 17.0 Å². The van der Waals surface area contributed by atoms with Gasteiger partial charge in [0, 0.05) is 44.3 Å². The van der Waals surface area contributed by atoms with Crippen molar-refractivity contribution in [1.29, 1.82) is 0 Å². The van der Waals surface area contributed by atoms with Gasteiger partial charge in [0.15, 0.2) is 0 Å². The Morgan fingerprint density at radius 3 is 2.72 bits per heavy atom. The summed E-state index contributed by atoms with van der Waals surface area (Å²) < 4.78 is 5.97. The maximum absolute atomic E-state index is 5.97. The van der Waals surface area contributed by atoms with Gasteiger partial charge in [-0.15, -0.1) is 0 Å². The molecule has 0 saturated carbocycles. The summed E-state index contributed by atoms with van der Waals surface area (Å²) in [5, 5.41) is 0.696. The average Bonchev–Trinajstić information content (AvgIpc) is 2.67. The number of piperidine rings is 1. The second-order valence-electron chi connectivity index (χ2n) is 7.00. The first-order chi connectivity index (χ1) is 12.3. The van der Waals surface area contributed by atoms with Crippen LogP contribution in [0.1, 0.15) is 12.8 Å². The molecule has 0 amide bonds. The van der Waals surface area contributed by atoms with Gasteiger partial charge in [0.1, 0.15) is 11.6 Å². The minimum atomic E-state index is 0.622. The van der Waals surface area contributed by atoms with Gasteiger partial charge >= 0.3 is 0 Å². The van der Waals surface area contributed by atoms with E-state index in [-0.39, 0.29) is 0 Å². The maximum Gasteiger partial charge on any atom is 0.128 e. The van der Waals surface area contributed by atoms with E-state index in [1.54, 1.807) is 6.20 Å². The highest BCUT2D eigenvalue weighted by Crippen LogP contribution is 2.27. The first kappa shape index (κ1) is 16.7. The number of rotatable bonds is 4. The van der Waals surface area contributed by atoms with E-state index in [1.807, 2.05) is 42.5 Å². The average molecular weight is 358 g/mol. The van der Waals surface area contributed by atoms with Crippen LogP contribution in [-0.2, 0) is 0 Å². The van der Waals surface area contributed by atoms with Gasteiger partial charge in [-0.1, -0.05) is 29.8 Å². The summed E-state index contributed by atoms with van der Waals surface area (Å²) in [6.07, 6.45) is 4.20. The Hall–Kier alpha value is -1.78. The van der Waals surface area contributed by atoms with E-state index in [2.05, 4.69) is 14.8 Å². The number of nitrogens with zero attached hydrogens (tertiary/aromatic N) is 3. The van der Waals surface area contributed by atoms with Crippen LogP contribution >= 0.6 is 11.6 Å². The van der Waals surface area contributed by atoms with Crippen molar-refractivity contribution >= 4 is 17.4 Å². The molecule has 1 aromatic heterocycles. The maximum atomic E-state index is 5.97. The SMILES string of the molecule is Clc1ccc(N2CCN3C[C@H](COc4ccccc4)CCC3C2)nc1. The Kier molecular flexibility index (Phi) is 5.09. The minimum absolute atomic E-state index is 0.622. The Morgan fingerprint density at radius 1 is 1.04 bits per heavy atom. The van der Waals surface area contributed by atoms with Gasteiger partial charge in [0.25, 0.3) is 0 Å². The summed E-state index contributed by atoms with van der Waals surface area (Å²) >= 11 is 5.95. The van der Waals surface area contributed by atoms with Crippen molar-refractivity contribution in [3.63, 3.8) is 0 Å². The van der Waals surface area contributed by atoms with Crippen LogP contribution in [0.3, 0.4) is 0 Å². The van der Waals surface area contributed by atoms with Crippen molar-refractivity contribution in [2.45, 2.75) is 18.9 Å². The molecule has 0 N–H and O–H groups in total. The smallest absolute Gasteiger partial charge is 0.128 e.